The van der Waals surface area contributed by atoms with Gasteiger partial charge in [-0.2, -0.15) is 10.2 Å². The highest BCUT2D eigenvalue weighted by molar-refractivity contribution is 6.30. The lowest BCUT2D eigenvalue weighted by Gasteiger charge is -2.38. The molecule has 1 saturated carbocycles. The number of hydrogen-bond acceptors (Lipinski definition) is 8. The van der Waals surface area contributed by atoms with Crippen LogP contribution in [0.25, 0.3) is 33.2 Å². The van der Waals surface area contributed by atoms with Crippen LogP contribution in [0.15, 0.2) is 48.8 Å². The summed E-state index contributed by atoms with van der Waals surface area (Å²) in [5.74, 6) is 1.15. The van der Waals surface area contributed by atoms with Crippen molar-refractivity contribution in [2.24, 2.45) is 0 Å². The van der Waals surface area contributed by atoms with Gasteiger partial charge in [-0.1, -0.05) is 23.7 Å². The number of halogens is 1. The van der Waals surface area contributed by atoms with Crippen LogP contribution in [-0.2, 0) is 4.74 Å². The maximum absolute atomic E-state index is 6.43. The smallest absolute Gasteiger partial charge is 0.164 e. The second kappa shape index (κ2) is 10.1. The number of hydrogen-bond donors (Lipinski definition) is 3. The highest BCUT2D eigenvalue weighted by Crippen LogP contribution is 2.38. The fourth-order valence-corrected chi connectivity index (χ4v) is 6.21. The molecule has 0 atom stereocenters. The molecule has 3 aromatic heterocycles. The minimum Gasteiger partial charge on any atom is -0.383 e. The normalized spacial score (nSPS) is 20.5. The van der Waals surface area contributed by atoms with E-state index in [9.17, 15) is 0 Å². The van der Waals surface area contributed by atoms with Gasteiger partial charge in [-0.15, -0.1) is 0 Å². The number of H-pyrrole nitrogens is 1. The van der Waals surface area contributed by atoms with Crippen molar-refractivity contribution in [3.63, 3.8) is 0 Å². The molecule has 1 aliphatic carbocycles. The number of nitrogen functional groups attached to an aromatic ring is 1. The molecule has 39 heavy (non-hydrogen) atoms. The fourth-order valence-electron chi connectivity index (χ4n) is 6.02. The number of benzene rings is 2. The van der Waals surface area contributed by atoms with Gasteiger partial charge in [-0.05, 0) is 56.0 Å². The van der Waals surface area contributed by atoms with Gasteiger partial charge < -0.3 is 15.8 Å². The van der Waals surface area contributed by atoms with E-state index in [1.807, 2.05) is 36.4 Å². The monoisotopic (exact) mass is 543 g/mol. The van der Waals surface area contributed by atoms with Crippen LogP contribution in [0, 0.1) is 0 Å². The Hall–Kier alpha value is -3.73. The van der Waals surface area contributed by atoms with Gasteiger partial charge in [-0.3, -0.25) is 10.00 Å². The molecule has 10 nitrogen and oxygen atoms in total. The lowest BCUT2D eigenvalue weighted by Crippen LogP contribution is -2.45. The van der Waals surface area contributed by atoms with Crippen LogP contribution in [-0.4, -0.2) is 67.2 Å². The van der Waals surface area contributed by atoms with E-state index in [4.69, 9.17) is 27.2 Å². The minimum atomic E-state index is 0.269. The molecular weight excluding hydrogens is 514 g/mol. The van der Waals surface area contributed by atoms with Crippen LogP contribution in [0.1, 0.15) is 31.7 Å². The molecule has 0 amide bonds. The molecule has 200 valence electrons. The number of morpholine rings is 1. The fraction of sp³-hybridized carbons (Fsp3) is 0.357. The lowest BCUT2D eigenvalue weighted by molar-refractivity contribution is 0.00520. The Kier molecular flexibility index (Phi) is 6.30. The molecule has 11 heteroatoms. The summed E-state index contributed by atoms with van der Waals surface area (Å²) in [7, 11) is 0. The Morgan fingerprint density at radius 1 is 1.00 bits per heavy atom. The zero-order valence-electron chi connectivity index (χ0n) is 21.5. The number of aromatic nitrogens is 6. The SMILES string of the molecule is Nc1ncnc2c1c(-c1ccc3[nH]nc(Nc4cccc(Cl)c4)c3c1)nn2C1CCC(N2CCOCC2)CC1. The molecule has 4 heterocycles. The van der Waals surface area contributed by atoms with E-state index in [0.717, 1.165) is 90.9 Å². The Bertz CT molecular complexity index is 1630. The molecule has 0 unspecified atom stereocenters. The van der Waals surface area contributed by atoms with Gasteiger partial charge >= 0.3 is 0 Å². The summed E-state index contributed by atoms with van der Waals surface area (Å²) in [5, 5.41) is 18.5. The number of rotatable bonds is 5. The number of nitrogens with zero attached hydrogens (tertiary/aromatic N) is 6. The molecule has 2 aliphatic rings. The van der Waals surface area contributed by atoms with Crippen LogP contribution in [0.3, 0.4) is 0 Å². The maximum Gasteiger partial charge on any atom is 0.164 e. The highest BCUT2D eigenvalue weighted by atomic mass is 35.5. The maximum atomic E-state index is 6.43. The third-order valence-electron chi connectivity index (χ3n) is 8.02. The number of nitrogens with two attached hydrogens (primary N) is 1. The lowest BCUT2D eigenvalue weighted by atomic mass is 9.90. The Morgan fingerprint density at radius 2 is 1.82 bits per heavy atom. The molecule has 2 aromatic carbocycles. The van der Waals surface area contributed by atoms with E-state index in [1.54, 1.807) is 0 Å². The summed E-state index contributed by atoms with van der Waals surface area (Å²) in [5.41, 5.74) is 10.7. The molecule has 1 saturated heterocycles. The van der Waals surface area contributed by atoms with Gasteiger partial charge in [0.1, 0.15) is 17.8 Å². The molecule has 5 aromatic rings. The van der Waals surface area contributed by atoms with E-state index in [2.05, 4.69) is 41.1 Å². The first-order chi connectivity index (χ1) is 19.1. The van der Waals surface area contributed by atoms with Crippen molar-refractivity contribution in [1.29, 1.82) is 0 Å². The predicted molar refractivity (Wildman–Crippen MR) is 153 cm³/mol. The number of aromatic amines is 1. The van der Waals surface area contributed by atoms with Crippen molar-refractivity contribution < 1.29 is 4.74 Å². The predicted octanol–water partition coefficient (Wildman–Crippen LogP) is 5.16. The van der Waals surface area contributed by atoms with E-state index < -0.39 is 0 Å². The summed E-state index contributed by atoms with van der Waals surface area (Å²) in [4.78, 5) is 11.5. The Balaban J connectivity index is 1.22. The van der Waals surface area contributed by atoms with Gasteiger partial charge in [0.25, 0.3) is 0 Å². The Morgan fingerprint density at radius 3 is 2.64 bits per heavy atom. The van der Waals surface area contributed by atoms with Crippen molar-refractivity contribution in [3.8, 4) is 11.3 Å². The average molecular weight is 544 g/mol. The molecule has 4 N–H and O–H groups in total. The molecule has 0 bridgehead atoms. The van der Waals surface area contributed by atoms with Crippen LogP contribution in [0.2, 0.25) is 5.02 Å². The first-order valence-corrected chi connectivity index (χ1v) is 13.8. The summed E-state index contributed by atoms with van der Waals surface area (Å²) >= 11 is 6.18. The van der Waals surface area contributed by atoms with Gasteiger partial charge in [-0.25, -0.2) is 14.6 Å². The molecule has 0 radical (unpaired) electrons. The molecule has 1 aliphatic heterocycles. The average Bonchev–Trinajstić information content (AvgIpc) is 3.56. The summed E-state index contributed by atoms with van der Waals surface area (Å²) < 4.78 is 7.64. The van der Waals surface area contributed by atoms with Crippen molar-refractivity contribution in [2.75, 3.05) is 37.4 Å². The number of anilines is 3. The quantitative estimate of drug-likeness (QED) is 0.277. The zero-order valence-corrected chi connectivity index (χ0v) is 22.2. The van der Waals surface area contributed by atoms with Crippen LogP contribution < -0.4 is 11.1 Å². The van der Waals surface area contributed by atoms with Gasteiger partial charge in [0.15, 0.2) is 11.5 Å². The summed E-state index contributed by atoms with van der Waals surface area (Å²) in [6.45, 7) is 3.72. The molecule has 2 fully saturated rings. The third kappa shape index (κ3) is 4.58. The minimum absolute atomic E-state index is 0.269. The molecule has 7 rings (SSSR count). The van der Waals surface area contributed by atoms with Crippen molar-refractivity contribution >= 4 is 50.9 Å². The third-order valence-corrected chi connectivity index (χ3v) is 8.25. The largest absolute Gasteiger partial charge is 0.383 e. The highest BCUT2D eigenvalue weighted by Gasteiger charge is 2.30. The van der Waals surface area contributed by atoms with Crippen molar-refractivity contribution in [2.45, 2.75) is 37.8 Å². The van der Waals surface area contributed by atoms with Gasteiger partial charge in [0.2, 0.25) is 0 Å². The Labute approximate surface area is 230 Å². The van der Waals surface area contributed by atoms with E-state index in [1.165, 1.54) is 6.33 Å². The second-order valence-electron chi connectivity index (χ2n) is 10.3. The number of fused-ring (bicyclic) bond motifs is 2. The van der Waals surface area contributed by atoms with Crippen LogP contribution >= 0.6 is 11.6 Å². The van der Waals surface area contributed by atoms with Crippen molar-refractivity contribution in [3.05, 3.63) is 53.8 Å². The van der Waals surface area contributed by atoms with Crippen LogP contribution in [0.5, 0.6) is 0 Å². The summed E-state index contributed by atoms with van der Waals surface area (Å²) in [6.07, 6.45) is 5.92. The summed E-state index contributed by atoms with van der Waals surface area (Å²) in [6, 6.07) is 14.6. The number of nitrogens with one attached hydrogen (secondary N) is 2. The standard InChI is InChI=1S/C28H30ClN9O/c29-18-2-1-3-19(15-18)33-27-22-14-17(4-9-23(22)34-35-27)25-24-26(30)31-16-32-28(24)38(36-25)21-7-5-20(6-8-21)37-10-12-39-13-11-37/h1-4,9,14-16,20-21H,5-8,10-13H2,(H2,30,31,32)(H2,33,34,35). The topological polar surface area (TPSA) is 123 Å². The number of ether oxygens (including phenoxy) is 1. The van der Waals surface area contributed by atoms with Crippen LogP contribution in [0.4, 0.5) is 17.3 Å². The van der Waals surface area contributed by atoms with Gasteiger partial charge in [0.05, 0.1) is 30.2 Å². The van der Waals surface area contributed by atoms with E-state index in [0.29, 0.717) is 22.7 Å². The van der Waals surface area contributed by atoms with Gasteiger partial charge in [0, 0.05) is 40.8 Å². The molecule has 0 spiro atoms. The second-order valence-corrected chi connectivity index (χ2v) is 10.8. The first kappa shape index (κ1) is 24.3. The molecular formula is C28H30ClN9O. The van der Waals surface area contributed by atoms with Crippen molar-refractivity contribution in [1.82, 2.24) is 34.8 Å². The van der Waals surface area contributed by atoms with E-state index >= 15 is 0 Å². The zero-order chi connectivity index (χ0) is 26.3. The first-order valence-electron chi connectivity index (χ1n) is 13.5. The van der Waals surface area contributed by atoms with E-state index in [-0.39, 0.29) is 6.04 Å².